The van der Waals surface area contributed by atoms with Crippen molar-refractivity contribution in [3.05, 3.63) is 90.0 Å². The number of fused-ring (bicyclic) bond motifs is 1. The van der Waals surface area contributed by atoms with Gasteiger partial charge in [0.15, 0.2) is 0 Å². The second kappa shape index (κ2) is 8.61. The molecule has 0 bridgehead atoms. The highest BCUT2D eigenvalue weighted by Crippen LogP contribution is 2.27. The van der Waals surface area contributed by atoms with Crippen molar-refractivity contribution in [2.24, 2.45) is 0 Å². The lowest BCUT2D eigenvalue weighted by molar-refractivity contribution is -0.115. The van der Waals surface area contributed by atoms with Crippen molar-refractivity contribution in [2.45, 2.75) is 12.8 Å². The smallest absolute Gasteiger partial charge is 0.243 e. The van der Waals surface area contributed by atoms with Crippen LogP contribution in [0.2, 0.25) is 0 Å². The van der Waals surface area contributed by atoms with Gasteiger partial charge in [0.1, 0.15) is 5.75 Å². The number of hydrogen-bond acceptors (Lipinski definition) is 3. The Kier molecular flexibility index (Phi) is 5.57. The van der Waals surface area contributed by atoms with E-state index in [9.17, 15) is 4.79 Å². The zero-order valence-electron chi connectivity index (χ0n) is 15.8. The minimum absolute atomic E-state index is 0.0156. The number of carbonyl (C=O) groups excluding carboxylic acids is 1. The first kappa shape index (κ1) is 18.1. The molecule has 1 heterocycles. The van der Waals surface area contributed by atoms with Crippen LogP contribution in [-0.4, -0.2) is 25.6 Å². The Hall–Kier alpha value is -3.27. The summed E-state index contributed by atoms with van der Waals surface area (Å²) in [7, 11) is 0. The summed E-state index contributed by atoms with van der Waals surface area (Å²) in [5.41, 5.74) is 4.48. The van der Waals surface area contributed by atoms with E-state index in [0.29, 0.717) is 13.2 Å². The van der Waals surface area contributed by atoms with E-state index in [2.05, 4.69) is 34.5 Å². The molecule has 0 spiro atoms. The Bertz CT molecular complexity index is 940. The molecule has 1 aliphatic heterocycles. The van der Waals surface area contributed by atoms with Crippen LogP contribution in [0.3, 0.4) is 0 Å². The van der Waals surface area contributed by atoms with Gasteiger partial charge in [0.2, 0.25) is 5.91 Å². The third-order valence-electron chi connectivity index (χ3n) is 4.94. The number of carbonyl (C=O) groups is 1. The van der Waals surface area contributed by atoms with Gasteiger partial charge < -0.3 is 15.0 Å². The molecule has 28 heavy (non-hydrogen) atoms. The van der Waals surface area contributed by atoms with Gasteiger partial charge in [0.05, 0.1) is 13.2 Å². The van der Waals surface area contributed by atoms with Crippen LogP contribution < -0.4 is 15.0 Å². The first-order valence-electron chi connectivity index (χ1n) is 9.67. The van der Waals surface area contributed by atoms with Gasteiger partial charge in [-0.3, -0.25) is 4.79 Å². The van der Waals surface area contributed by atoms with Crippen molar-refractivity contribution >= 4 is 17.3 Å². The largest absolute Gasteiger partial charge is 0.493 e. The molecule has 4 nitrogen and oxygen atoms in total. The number of nitrogens with zero attached hydrogens (tertiary/aromatic N) is 1. The lowest BCUT2D eigenvalue weighted by Gasteiger charge is -2.19. The number of ether oxygens (including phenoxy) is 1. The summed E-state index contributed by atoms with van der Waals surface area (Å²) in [6.45, 7) is 1.84. The number of benzene rings is 3. The van der Waals surface area contributed by atoms with E-state index in [1.54, 1.807) is 0 Å². The Morgan fingerprint density at radius 2 is 1.79 bits per heavy atom. The van der Waals surface area contributed by atoms with E-state index in [1.807, 2.05) is 54.6 Å². The Balaban J connectivity index is 1.30. The molecular formula is C24H24N2O2. The molecule has 1 N–H and O–H groups in total. The molecular weight excluding hydrogens is 348 g/mol. The number of anilines is 2. The fourth-order valence-electron chi connectivity index (χ4n) is 3.54. The van der Waals surface area contributed by atoms with Gasteiger partial charge in [-0.05, 0) is 35.7 Å². The lowest BCUT2D eigenvalue weighted by atomic mass is 10.2. The van der Waals surface area contributed by atoms with Crippen molar-refractivity contribution in [1.29, 1.82) is 0 Å². The van der Waals surface area contributed by atoms with Crippen LogP contribution >= 0.6 is 0 Å². The summed E-state index contributed by atoms with van der Waals surface area (Å²) in [6, 6.07) is 26.1. The molecule has 4 rings (SSSR count). The normalized spacial score (nSPS) is 12.5. The number of para-hydroxylation sites is 1. The van der Waals surface area contributed by atoms with Crippen molar-refractivity contribution in [2.75, 3.05) is 29.9 Å². The summed E-state index contributed by atoms with van der Waals surface area (Å²) in [6.07, 6.45) is 1.85. The summed E-state index contributed by atoms with van der Waals surface area (Å²) in [5, 5.41) is 2.99. The molecule has 0 fully saturated rings. The molecule has 0 aromatic heterocycles. The van der Waals surface area contributed by atoms with E-state index in [-0.39, 0.29) is 5.91 Å². The molecule has 0 saturated carbocycles. The van der Waals surface area contributed by atoms with Crippen LogP contribution in [0.15, 0.2) is 78.9 Å². The van der Waals surface area contributed by atoms with Crippen LogP contribution in [-0.2, 0) is 17.6 Å². The average molecular weight is 372 g/mol. The Labute approximate surface area is 165 Å². The molecule has 0 atom stereocenters. The quantitative estimate of drug-likeness (QED) is 0.672. The van der Waals surface area contributed by atoms with Gasteiger partial charge in [-0.2, -0.15) is 0 Å². The molecule has 0 unspecified atom stereocenters. The minimum Gasteiger partial charge on any atom is -0.493 e. The monoisotopic (exact) mass is 372 g/mol. The topological polar surface area (TPSA) is 41.6 Å². The molecule has 0 aliphatic carbocycles. The highest BCUT2D eigenvalue weighted by Gasteiger charge is 2.20. The van der Waals surface area contributed by atoms with E-state index in [4.69, 9.17) is 4.74 Å². The zero-order valence-corrected chi connectivity index (χ0v) is 15.8. The summed E-state index contributed by atoms with van der Waals surface area (Å²) in [5.74, 6) is 0.749. The van der Waals surface area contributed by atoms with E-state index >= 15 is 0 Å². The summed E-state index contributed by atoms with van der Waals surface area (Å²) < 4.78 is 5.85. The van der Waals surface area contributed by atoms with Gasteiger partial charge in [-0.25, -0.2) is 0 Å². The molecule has 4 heteroatoms. The Morgan fingerprint density at radius 3 is 2.68 bits per heavy atom. The van der Waals surface area contributed by atoms with Crippen LogP contribution in [0, 0.1) is 0 Å². The fraction of sp³-hybridized carbons (Fsp3) is 0.208. The molecule has 3 aromatic rings. The summed E-state index contributed by atoms with van der Waals surface area (Å²) >= 11 is 0. The molecule has 1 aliphatic rings. The summed E-state index contributed by atoms with van der Waals surface area (Å²) in [4.78, 5) is 14.6. The number of rotatable bonds is 7. The van der Waals surface area contributed by atoms with E-state index < -0.39 is 0 Å². The average Bonchev–Trinajstić information content (AvgIpc) is 3.12. The van der Waals surface area contributed by atoms with Crippen molar-refractivity contribution in [3.63, 3.8) is 0 Å². The standard InChI is InChI=1S/C24H24N2O2/c27-24(18-26-15-13-20-9-4-5-12-23(20)26)25-21-10-6-11-22(17-21)28-16-14-19-7-2-1-3-8-19/h1-12,17H,13-16,18H2,(H,25,27). The van der Waals surface area contributed by atoms with Crippen molar-refractivity contribution in [1.82, 2.24) is 0 Å². The van der Waals surface area contributed by atoms with E-state index in [1.165, 1.54) is 11.1 Å². The Morgan fingerprint density at radius 1 is 0.964 bits per heavy atom. The van der Waals surface area contributed by atoms with Crippen LogP contribution in [0.5, 0.6) is 5.75 Å². The second-order valence-corrected chi connectivity index (χ2v) is 6.96. The van der Waals surface area contributed by atoms with Gasteiger partial charge in [0, 0.05) is 30.4 Å². The highest BCUT2D eigenvalue weighted by molar-refractivity contribution is 5.94. The van der Waals surface area contributed by atoms with Crippen LogP contribution in [0.4, 0.5) is 11.4 Å². The maximum atomic E-state index is 12.5. The van der Waals surface area contributed by atoms with Gasteiger partial charge in [0.25, 0.3) is 0 Å². The SMILES string of the molecule is O=C(CN1CCc2ccccc21)Nc1cccc(OCCc2ccccc2)c1. The van der Waals surface area contributed by atoms with Crippen molar-refractivity contribution < 1.29 is 9.53 Å². The third kappa shape index (κ3) is 4.52. The maximum Gasteiger partial charge on any atom is 0.243 e. The zero-order chi connectivity index (χ0) is 19.2. The first-order chi connectivity index (χ1) is 13.8. The van der Waals surface area contributed by atoms with Gasteiger partial charge in [-0.15, -0.1) is 0 Å². The predicted octanol–water partition coefficient (Wildman–Crippen LogP) is 4.31. The second-order valence-electron chi connectivity index (χ2n) is 6.96. The number of nitrogens with one attached hydrogen (secondary N) is 1. The minimum atomic E-state index is -0.0156. The van der Waals surface area contributed by atoms with E-state index in [0.717, 1.165) is 36.5 Å². The first-order valence-corrected chi connectivity index (χ1v) is 9.67. The maximum absolute atomic E-state index is 12.5. The molecule has 0 saturated heterocycles. The van der Waals surface area contributed by atoms with Gasteiger partial charge in [-0.1, -0.05) is 54.6 Å². The molecule has 1 amide bonds. The number of hydrogen-bond donors (Lipinski definition) is 1. The fourth-order valence-corrected chi connectivity index (χ4v) is 3.54. The third-order valence-corrected chi connectivity index (χ3v) is 4.94. The molecule has 0 radical (unpaired) electrons. The molecule has 142 valence electrons. The van der Waals surface area contributed by atoms with Crippen LogP contribution in [0.1, 0.15) is 11.1 Å². The van der Waals surface area contributed by atoms with Gasteiger partial charge >= 0.3 is 0 Å². The predicted molar refractivity (Wildman–Crippen MR) is 113 cm³/mol. The highest BCUT2D eigenvalue weighted by atomic mass is 16.5. The lowest BCUT2D eigenvalue weighted by Crippen LogP contribution is -2.31. The molecule has 3 aromatic carbocycles. The van der Waals surface area contributed by atoms with Crippen LogP contribution in [0.25, 0.3) is 0 Å². The number of amides is 1. The van der Waals surface area contributed by atoms with Crippen molar-refractivity contribution in [3.8, 4) is 5.75 Å².